The summed E-state index contributed by atoms with van der Waals surface area (Å²) in [6.07, 6.45) is 0. The van der Waals surface area contributed by atoms with Gasteiger partial charge in [0.1, 0.15) is 0 Å². The molecule has 6 heteroatoms. The molecule has 0 aromatic heterocycles. The lowest BCUT2D eigenvalue weighted by atomic mass is 10.1. The van der Waals surface area contributed by atoms with Crippen LogP contribution in [0.2, 0.25) is 0 Å². The highest BCUT2D eigenvalue weighted by Crippen LogP contribution is 2.35. The number of phenolic OH excluding ortho intramolecular Hbond substituents is 1. The van der Waals surface area contributed by atoms with Gasteiger partial charge in [-0.3, -0.25) is 0 Å². The summed E-state index contributed by atoms with van der Waals surface area (Å²) in [6, 6.07) is 10.1. The standard InChI is InChI=1S/C15H14BrNO4/c1-21-13-7-9(6-11(16)14(13)18)8-17-12-5-3-2-4-10(12)15(19)20/h2-7,17-18H,8H2,1H3,(H,19,20). The molecule has 0 heterocycles. The number of halogens is 1. The van der Waals surface area contributed by atoms with Crippen molar-refractivity contribution in [3.8, 4) is 11.5 Å². The number of carboxylic acids is 1. The number of aromatic carboxylic acids is 1. The average Bonchev–Trinajstić information content (AvgIpc) is 2.48. The molecule has 0 unspecified atom stereocenters. The van der Waals surface area contributed by atoms with E-state index in [0.717, 1.165) is 5.56 Å². The molecular weight excluding hydrogens is 338 g/mol. The van der Waals surface area contributed by atoms with Gasteiger partial charge in [0.25, 0.3) is 0 Å². The molecule has 0 atom stereocenters. The van der Waals surface area contributed by atoms with Crippen LogP contribution in [0.1, 0.15) is 15.9 Å². The maximum atomic E-state index is 11.1. The number of hydrogen-bond acceptors (Lipinski definition) is 4. The van der Waals surface area contributed by atoms with Gasteiger partial charge in [-0.05, 0) is 45.8 Å². The van der Waals surface area contributed by atoms with Gasteiger partial charge in [0, 0.05) is 12.2 Å². The maximum Gasteiger partial charge on any atom is 0.337 e. The highest BCUT2D eigenvalue weighted by molar-refractivity contribution is 9.10. The number of nitrogens with one attached hydrogen (secondary N) is 1. The number of carboxylic acid groups (broad SMARTS) is 1. The molecule has 0 bridgehead atoms. The molecule has 2 rings (SSSR count). The summed E-state index contributed by atoms with van der Waals surface area (Å²) < 4.78 is 5.60. The quantitative estimate of drug-likeness (QED) is 0.768. The van der Waals surface area contributed by atoms with Gasteiger partial charge in [-0.15, -0.1) is 0 Å². The fraction of sp³-hybridized carbons (Fsp3) is 0.133. The normalized spacial score (nSPS) is 10.2. The second kappa shape index (κ2) is 6.49. The van der Waals surface area contributed by atoms with E-state index in [9.17, 15) is 9.90 Å². The summed E-state index contributed by atoms with van der Waals surface area (Å²) in [5.41, 5.74) is 1.59. The van der Waals surface area contributed by atoms with Crippen molar-refractivity contribution in [2.45, 2.75) is 6.54 Å². The number of para-hydroxylation sites is 1. The van der Waals surface area contributed by atoms with Crippen LogP contribution in [0, 0.1) is 0 Å². The largest absolute Gasteiger partial charge is 0.503 e. The van der Waals surface area contributed by atoms with Crippen LogP contribution in [0.5, 0.6) is 11.5 Å². The van der Waals surface area contributed by atoms with E-state index in [1.807, 2.05) is 0 Å². The third-order valence-corrected chi connectivity index (χ3v) is 3.55. The van der Waals surface area contributed by atoms with Crippen molar-refractivity contribution in [2.24, 2.45) is 0 Å². The van der Waals surface area contributed by atoms with Crippen LogP contribution in [0.25, 0.3) is 0 Å². The topological polar surface area (TPSA) is 78.8 Å². The van der Waals surface area contributed by atoms with Gasteiger partial charge < -0.3 is 20.3 Å². The molecule has 0 aliphatic rings. The zero-order chi connectivity index (χ0) is 15.4. The van der Waals surface area contributed by atoms with E-state index >= 15 is 0 Å². The van der Waals surface area contributed by atoms with Crippen molar-refractivity contribution in [1.29, 1.82) is 0 Å². The number of ether oxygens (including phenoxy) is 1. The molecule has 0 amide bonds. The molecule has 0 radical (unpaired) electrons. The van der Waals surface area contributed by atoms with Crippen molar-refractivity contribution in [2.75, 3.05) is 12.4 Å². The SMILES string of the molecule is COc1cc(CNc2ccccc2C(=O)O)cc(Br)c1O. The van der Waals surface area contributed by atoms with Crippen LogP contribution < -0.4 is 10.1 Å². The van der Waals surface area contributed by atoms with E-state index in [0.29, 0.717) is 22.5 Å². The fourth-order valence-electron chi connectivity index (χ4n) is 1.91. The Bertz CT molecular complexity index is 673. The van der Waals surface area contributed by atoms with Crippen molar-refractivity contribution in [1.82, 2.24) is 0 Å². The van der Waals surface area contributed by atoms with Crippen LogP contribution in [0.15, 0.2) is 40.9 Å². The van der Waals surface area contributed by atoms with Gasteiger partial charge >= 0.3 is 5.97 Å². The molecule has 0 saturated carbocycles. The molecule has 2 aromatic carbocycles. The number of rotatable bonds is 5. The maximum absolute atomic E-state index is 11.1. The summed E-state index contributed by atoms with van der Waals surface area (Å²) in [5, 5.41) is 21.9. The van der Waals surface area contributed by atoms with Gasteiger partial charge in [-0.25, -0.2) is 4.79 Å². The van der Waals surface area contributed by atoms with Crippen LogP contribution >= 0.6 is 15.9 Å². The van der Waals surface area contributed by atoms with E-state index in [2.05, 4.69) is 21.2 Å². The van der Waals surface area contributed by atoms with E-state index in [-0.39, 0.29) is 11.3 Å². The van der Waals surface area contributed by atoms with Crippen LogP contribution in [0.4, 0.5) is 5.69 Å². The van der Waals surface area contributed by atoms with E-state index < -0.39 is 5.97 Å². The van der Waals surface area contributed by atoms with E-state index in [1.165, 1.54) is 13.2 Å². The Morgan fingerprint density at radius 3 is 2.71 bits per heavy atom. The first kappa shape index (κ1) is 15.2. The van der Waals surface area contributed by atoms with Crippen LogP contribution in [-0.2, 0) is 6.54 Å². The lowest BCUT2D eigenvalue weighted by molar-refractivity contribution is 0.0698. The first-order valence-electron chi connectivity index (χ1n) is 6.14. The minimum absolute atomic E-state index is 0.0344. The lowest BCUT2D eigenvalue weighted by Gasteiger charge is -2.12. The van der Waals surface area contributed by atoms with Crippen LogP contribution in [0.3, 0.4) is 0 Å². The minimum atomic E-state index is -0.984. The minimum Gasteiger partial charge on any atom is -0.503 e. The van der Waals surface area contributed by atoms with Gasteiger partial charge in [0.15, 0.2) is 11.5 Å². The summed E-state index contributed by atoms with van der Waals surface area (Å²) in [6.45, 7) is 0.402. The molecular formula is C15H14BrNO4. The van der Waals surface area contributed by atoms with Gasteiger partial charge in [-0.1, -0.05) is 12.1 Å². The van der Waals surface area contributed by atoms with Gasteiger partial charge in [0.05, 0.1) is 17.1 Å². The smallest absolute Gasteiger partial charge is 0.337 e. The number of carbonyl (C=O) groups is 1. The van der Waals surface area contributed by atoms with E-state index in [4.69, 9.17) is 9.84 Å². The lowest BCUT2D eigenvalue weighted by Crippen LogP contribution is -2.06. The molecule has 0 aliphatic carbocycles. The van der Waals surface area contributed by atoms with Gasteiger partial charge in [0.2, 0.25) is 0 Å². The van der Waals surface area contributed by atoms with Crippen molar-refractivity contribution in [3.05, 3.63) is 52.0 Å². The Kier molecular flexibility index (Phi) is 4.70. The Labute approximate surface area is 130 Å². The highest BCUT2D eigenvalue weighted by atomic mass is 79.9. The molecule has 5 nitrogen and oxygen atoms in total. The number of hydrogen-bond donors (Lipinski definition) is 3. The predicted molar refractivity (Wildman–Crippen MR) is 83.1 cm³/mol. The van der Waals surface area contributed by atoms with E-state index in [1.54, 1.807) is 30.3 Å². The zero-order valence-corrected chi connectivity index (χ0v) is 12.8. The summed E-state index contributed by atoms with van der Waals surface area (Å²) in [5.74, 6) is -0.595. The number of benzene rings is 2. The highest BCUT2D eigenvalue weighted by Gasteiger charge is 2.11. The molecule has 3 N–H and O–H groups in total. The van der Waals surface area contributed by atoms with Crippen molar-refractivity contribution in [3.63, 3.8) is 0 Å². The number of methoxy groups -OCH3 is 1. The molecule has 110 valence electrons. The molecule has 21 heavy (non-hydrogen) atoms. The van der Waals surface area contributed by atoms with Crippen LogP contribution in [-0.4, -0.2) is 23.3 Å². The first-order chi connectivity index (χ1) is 10.0. The number of phenols is 1. The van der Waals surface area contributed by atoms with Crippen molar-refractivity contribution < 1.29 is 19.7 Å². The Morgan fingerprint density at radius 2 is 2.05 bits per heavy atom. The summed E-state index contributed by atoms with van der Waals surface area (Å²) in [4.78, 5) is 11.1. The summed E-state index contributed by atoms with van der Waals surface area (Å²) >= 11 is 3.25. The molecule has 0 aliphatic heterocycles. The zero-order valence-electron chi connectivity index (χ0n) is 11.3. The molecule has 0 spiro atoms. The predicted octanol–water partition coefficient (Wildman–Crippen LogP) is 3.47. The second-order valence-corrected chi connectivity index (χ2v) is 5.19. The second-order valence-electron chi connectivity index (χ2n) is 4.33. The molecule has 2 aromatic rings. The fourth-order valence-corrected chi connectivity index (χ4v) is 2.40. The number of aromatic hydroxyl groups is 1. The monoisotopic (exact) mass is 351 g/mol. The average molecular weight is 352 g/mol. The molecule has 0 fully saturated rings. The van der Waals surface area contributed by atoms with Gasteiger partial charge in [-0.2, -0.15) is 0 Å². The first-order valence-corrected chi connectivity index (χ1v) is 6.93. The summed E-state index contributed by atoms with van der Waals surface area (Å²) in [7, 11) is 1.47. The Hall–Kier alpha value is -2.21. The number of anilines is 1. The van der Waals surface area contributed by atoms with Crippen molar-refractivity contribution >= 4 is 27.6 Å². The third-order valence-electron chi connectivity index (χ3n) is 2.95. The Morgan fingerprint density at radius 1 is 1.33 bits per heavy atom. The molecule has 0 saturated heterocycles. The Balaban J connectivity index is 2.21. The third kappa shape index (κ3) is 3.46.